The number of likely N-dealkylation sites (N-methyl/N-ethyl adjacent to an activating group) is 1. The largest absolute Gasteiger partial charge is 0.496 e. The zero-order valence-electron chi connectivity index (χ0n) is 84.8. The van der Waals surface area contributed by atoms with E-state index in [0.717, 1.165) is 207 Å². The van der Waals surface area contributed by atoms with E-state index in [4.69, 9.17) is 43.9 Å². The van der Waals surface area contributed by atoms with Gasteiger partial charge in [-0.1, -0.05) is 31.9 Å². The summed E-state index contributed by atoms with van der Waals surface area (Å²) >= 11 is 0. The predicted octanol–water partition coefficient (Wildman–Crippen LogP) is 13.0. The quantitative estimate of drug-likeness (QED) is 0.0181. The van der Waals surface area contributed by atoms with Crippen molar-refractivity contribution in [2.75, 3.05) is 146 Å². The van der Waals surface area contributed by atoms with Gasteiger partial charge in [-0.15, -0.1) is 0 Å². The molecule has 38 heteroatoms. The monoisotopic (exact) mass is 1970 g/mol. The Morgan fingerprint density at radius 2 is 1.06 bits per heavy atom. The molecule has 4 amide bonds. The van der Waals surface area contributed by atoms with Gasteiger partial charge in [-0.3, -0.25) is 29.3 Å². The van der Waals surface area contributed by atoms with E-state index >= 15 is 0 Å². The van der Waals surface area contributed by atoms with Crippen LogP contribution in [0.25, 0.3) is 38.7 Å². The second-order valence-electron chi connectivity index (χ2n) is 40.5. The van der Waals surface area contributed by atoms with Crippen molar-refractivity contribution in [2.45, 2.75) is 236 Å². The Morgan fingerprint density at radius 1 is 0.556 bits per heavy atom. The van der Waals surface area contributed by atoms with Gasteiger partial charge in [0, 0.05) is 182 Å². The average molecular weight is 1970 g/mol. The number of nitrogens with two attached hydrogens (primary N) is 1. The molecule has 4 aliphatic carbocycles. The summed E-state index contributed by atoms with van der Waals surface area (Å²) in [6.45, 7) is 21.5. The number of amides is 4. The van der Waals surface area contributed by atoms with Gasteiger partial charge >= 0.3 is 24.0 Å². The predicted molar refractivity (Wildman–Crippen MR) is 551 cm³/mol. The molecule has 11 aromatic heterocycles. The summed E-state index contributed by atoms with van der Waals surface area (Å²) in [6, 6.07) is 21.9. The summed E-state index contributed by atoms with van der Waals surface area (Å²) in [7, 11) is 7.25. The highest BCUT2D eigenvalue weighted by atomic mass is 16.5. The number of hydrogen-bond donors (Lipinski definition) is 9. The molecule has 10 N–H and O–H groups in total. The van der Waals surface area contributed by atoms with Gasteiger partial charge in [0.2, 0.25) is 0 Å². The third-order valence-corrected chi connectivity index (χ3v) is 29.5. The number of allylic oxidation sites excluding steroid dienone is 2. The Hall–Kier alpha value is -12.9. The van der Waals surface area contributed by atoms with Crippen molar-refractivity contribution in [3.05, 3.63) is 161 Å². The highest BCUT2D eigenvalue weighted by Gasteiger charge is 2.36. The summed E-state index contributed by atoms with van der Waals surface area (Å²) in [5.74, 6) is 5.45. The molecule has 9 aliphatic rings. The molecule has 0 radical (unpaired) electrons. The molecular formula is C106H142N26O12. The van der Waals surface area contributed by atoms with E-state index in [1.54, 1.807) is 59.4 Å². The van der Waals surface area contributed by atoms with E-state index < -0.39 is 17.6 Å². The van der Waals surface area contributed by atoms with Gasteiger partial charge in [-0.2, -0.15) is 45.0 Å². The maximum Gasteiger partial charge on any atom is 0.319 e. The molecular weight excluding hydrogens is 1830 g/mol. The van der Waals surface area contributed by atoms with Crippen molar-refractivity contribution >= 4 is 85.6 Å². The first-order chi connectivity index (χ1) is 69.9. The van der Waals surface area contributed by atoms with Crippen molar-refractivity contribution < 1.29 is 57.4 Å². The minimum absolute atomic E-state index is 0.00193. The average Bonchev–Trinajstić information content (AvgIpc) is 1.62. The normalized spacial score (nSPS) is 19.3. The first-order valence-electron chi connectivity index (χ1n) is 51.8. The Morgan fingerprint density at radius 3 is 1.57 bits per heavy atom. The van der Waals surface area contributed by atoms with Gasteiger partial charge in [-0.05, 0) is 253 Å². The molecule has 11 aromatic rings. The van der Waals surface area contributed by atoms with Crippen LogP contribution in [0.4, 0.5) is 23.3 Å². The fraction of sp³-hybridized carbons (Fsp3) is 0.557. The number of hydrogen-bond acceptors (Lipinski definition) is 31. The molecule has 144 heavy (non-hydrogen) atoms. The molecule has 5 aliphatic heterocycles. The summed E-state index contributed by atoms with van der Waals surface area (Å²) in [4.78, 5) is 124. The highest BCUT2D eigenvalue weighted by Crippen LogP contribution is 2.43. The fourth-order valence-corrected chi connectivity index (χ4v) is 20.1. The topological polar surface area (TPSA) is 458 Å². The summed E-state index contributed by atoms with van der Waals surface area (Å²) in [5.41, 5.74) is 16.5. The lowest BCUT2D eigenvalue weighted by molar-refractivity contribution is 0.0406. The number of carbonyl (C=O) groups excluding carboxylic acids is 4. The Balaban J connectivity index is 0.000000132. The van der Waals surface area contributed by atoms with Crippen LogP contribution in [0, 0.1) is 17.8 Å². The molecule has 3 saturated carbocycles. The number of aromatic amines is 3. The van der Waals surface area contributed by atoms with Crippen molar-refractivity contribution in [3.8, 4) is 29.8 Å². The maximum absolute atomic E-state index is 13.2. The number of H-pyrrole nitrogens is 3. The molecule has 0 unspecified atom stereocenters. The fourth-order valence-electron chi connectivity index (χ4n) is 20.1. The van der Waals surface area contributed by atoms with Crippen molar-refractivity contribution in [2.24, 2.45) is 23.5 Å². The SMILES string of the molecule is CC[C@H](C)NC(=O)c1cc(N2CCC(C3=CCc4ncccc43)CC2)nc(OC[C@@H](C)OC)n1.CN(C)CCNC(=O)c1cc(N2CCC(c3c[nH]c4ncccc34)CC2)nc(OCC2CC2)n1.COc1ccnc2n[nH]c(C3CCN(c4cc(C(=O)N[C@H](C)C(C)(C)O)nc(OC[C@H]5CCCO5)n4)CC3)c12.N[C@H]1CCC[C@@H]1NC(=O)c1cc(N2CCC(c3c[nH]c4ncccc34)CC2)nc(OCC2CCCC2)n1. The Kier molecular flexibility index (Phi) is 34.3. The first-order valence-corrected chi connectivity index (χ1v) is 51.8. The van der Waals surface area contributed by atoms with Crippen LogP contribution < -0.4 is 70.3 Å². The lowest BCUT2D eigenvalue weighted by Crippen LogP contribution is -2.47. The number of aliphatic hydroxyl groups is 1. The van der Waals surface area contributed by atoms with Crippen LogP contribution >= 0.6 is 0 Å². The third-order valence-electron chi connectivity index (χ3n) is 29.5. The number of ether oxygens (including phenoxy) is 7. The van der Waals surface area contributed by atoms with Crippen LogP contribution in [0.5, 0.6) is 29.8 Å². The van der Waals surface area contributed by atoms with Gasteiger partial charge in [0.1, 0.15) is 76.3 Å². The molecule has 6 atom stereocenters. The summed E-state index contributed by atoms with van der Waals surface area (Å²) in [6.07, 6.45) is 35.2. The van der Waals surface area contributed by atoms with E-state index in [-0.39, 0.29) is 71.7 Å². The molecule has 20 rings (SSSR count). The zero-order chi connectivity index (χ0) is 100. The molecule has 16 heterocycles. The molecule has 5 saturated heterocycles. The van der Waals surface area contributed by atoms with E-state index in [1.807, 2.05) is 88.7 Å². The number of anilines is 4. The number of fused-ring (bicyclic) bond motifs is 4. The van der Waals surface area contributed by atoms with Gasteiger partial charge in [0.25, 0.3) is 23.6 Å². The number of carbonyl (C=O) groups is 4. The first kappa shape index (κ1) is 103. The van der Waals surface area contributed by atoms with Crippen molar-refractivity contribution in [3.63, 3.8) is 0 Å². The lowest BCUT2D eigenvalue weighted by Gasteiger charge is -2.34. The number of methoxy groups -OCH3 is 2. The maximum atomic E-state index is 13.2. The molecule has 0 spiro atoms. The van der Waals surface area contributed by atoms with Gasteiger partial charge in [0.05, 0.1) is 60.9 Å². The van der Waals surface area contributed by atoms with Crippen LogP contribution in [-0.4, -0.2) is 282 Å². The van der Waals surface area contributed by atoms with Crippen LogP contribution in [0.15, 0.2) is 110 Å². The molecule has 768 valence electrons. The van der Waals surface area contributed by atoms with Gasteiger partial charge in [-0.25, -0.2) is 15.0 Å². The Labute approximate surface area is 841 Å². The van der Waals surface area contributed by atoms with E-state index in [0.29, 0.717) is 103 Å². The van der Waals surface area contributed by atoms with Gasteiger partial charge < -0.3 is 99.7 Å². The van der Waals surface area contributed by atoms with Crippen LogP contribution in [0.1, 0.15) is 258 Å². The molecule has 38 nitrogen and oxygen atoms in total. The van der Waals surface area contributed by atoms with E-state index in [9.17, 15) is 24.3 Å². The van der Waals surface area contributed by atoms with Crippen LogP contribution in [0.3, 0.4) is 0 Å². The van der Waals surface area contributed by atoms with Gasteiger partial charge in [0.15, 0.2) is 5.65 Å². The number of nitrogens with zero attached hydrogens (tertiary/aromatic N) is 18. The van der Waals surface area contributed by atoms with Crippen molar-refractivity contribution in [1.82, 2.24) is 106 Å². The Bertz CT molecular complexity index is 6160. The molecule has 8 fully saturated rings. The zero-order valence-corrected chi connectivity index (χ0v) is 84.8. The summed E-state index contributed by atoms with van der Waals surface area (Å²) in [5, 5.41) is 33.1. The number of aromatic nitrogens is 16. The number of pyridine rings is 4. The van der Waals surface area contributed by atoms with Crippen LogP contribution in [-0.2, 0) is 15.9 Å². The number of nitrogens with one attached hydrogen (secondary N) is 7. The minimum Gasteiger partial charge on any atom is -0.496 e. The highest BCUT2D eigenvalue weighted by molar-refractivity contribution is 5.95. The van der Waals surface area contributed by atoms with Crippen molar-refractivity contribution in [1.29, 1.82) is 0 Å². The number of rotatable bonds is 34. The second kappa shape index (κ2) is 48.2. The smallest absolute Gasteiger partial charge is 0.319 e. The van der Waals surface area contributed by atoms with E-state index in [1.165, 1.54) is 77.3 Å². The summed E-state index contributed by atoms with van der Waals surface area (Å²) < 4.78 is 40.1. The standard InChI is InChI=1S/C28H37N7O2.C27H37N7O5.C26H35N5O3.C25H33N7O2/c29-22-8-3-9-23(22)32-27(36)24-15-25(34-28(33-24)37-17-18-5-1-2-6-18)35-13-10-19(11-14-35)21-16-31-26-20(21)7-4-12-30-26;1-16(27(2,3)36)29-25(35)19-14-21(31-26(30-19)39-15-18-6-5-13-38-18)34-11-8-17(9-12-34)23-22-20(37-4)7-10-28-24(22)33-32-23;1-5-17(2)28-25(32)23-15-24(30-26(29-23)34-16-18(3)33-4)31-13-10-19(11-14-31)20-8-9-22-21(20)7-6-12-27-22;1-31(2)13-10-27-24(33)21-14-22(30-25(29-21)34-16-17-5-6-17)32-11-7-18(8-12-32)20-15-28-23-19(20)4-3-9-26-23/h4,7,12,15-16,18-19,22-23H,1-3,5-6,8-11,13-14,17,29H2,(H,30,31)(H,32,36);7,10,14,16-18,36H,5-6,8-9,11-13,15H2,1-4H3,(H,29,35)(H,28,32,33);6-8,12,15,17-19H,5,9-11,13-14,16H2,1-4H3,(H,28,32);3-4,9,14-15,17-18H,5-8,10-13,16H2,1-2H3,(H,26,28)(H,27,33)/t22-,23-;16-,18-;17-,18+;/m010./s1. The van der Waals surface area contributed by atoms with E-state index in [2.05, 4.69) is 153 Å². The number of piperidine rings is 4. The third kappa shape index (κ3) is 26.4. The second-order valence-corrected chi connectivity index (χ2v) is 40.5. The molecule has 0 bridgehead atoms. The lowest BCUT2D eigenvalue weighted by atomic mass is 9.86. The molecule has 0 aromatic carbocycles. The minimum atomic E-state index is -1.08. The van der Waals surface area contributed by atoms with Crippen LogP contribution in [0.2, 0.25) is 0 Å².